The summed E-state index contributed by atoms with van der Waals surface area (Å²) in [6.07, 6.45) is 5.03. The number of ketones is 2. The molecule has 7 heteroatoms. The van der Waals surface area contributed by atoms with Gasteiger partial charge in [0, 0.05) is 11.9 Å². The van der Waals surface area contributed by atoms with E-state index in [9.17, 15) is 14.4 Å². The molecule has 6 nitrogen and oxygen atoms in total. The molecule has 186 valence electrons. The molecular formula is C31H21FN2O4. The average Bonchev–Trinajstić information content (AvgIpc) is 3.65. The fourth-order valence-electron chi connectivity index (χ4n) is 6.56. The maximum absolute atomic E-state index is 15.1. The van der Waals surface area contributed by atoms with E-state index >= 15 is 4.39 Å². The van der Waals surface area contributed by atoms with Crippen LogP contribution in [0.4, 0.5) is 10.1 Å². The molecule has 38 heavy (non-hydrogen) atoms. The third-order valence-corrected chi connectivity index (χ3v) is 8.02. The maximum Gasteiger partial charge on any atom is 0.238 e. The van der Waals surface area contributed by atoms with Crippen LogP contribution in [0.5, 0.6) is 0 Å². The molecule has 1 spiro atoms. The molecule has 4 heterocycles. The minimum absolute atomic E-state index is 0.0658. The lowest BCUT2D eigenvalue weighted by Gasteiger charge is -2.38. The Morgan fingerprint density at radius 3 is 2.47 bits per heavy atom. The number of benzene rings is 3. The number of anilines is 1. The van der Waals surface area contributed by atoms with Crippen LogP contribution in [0.2, 0.25) is 0 Å². The van der Waals surface area contributed by atoms with Gasteiger partial charge in [-0.3, -0.25) is 14.4 Å². The fraction of sp³-hybridized carbons (Fsp3) is 0.129. The zero-order valence-corrected chi connectivity index (χ0v) is 20.0. The number of nitrogens with zero attached hydrogens (tertiary/aromatic N) is 1. The fourth-order valence-corrected chi connectivity index (χ4v) is 6.56. The van der Waals surface area contributed by atoms with E-state index in [1.807, 2.05) is 42.5 Å². The van der Waals surface area contributed by atoms with E-state index in [0.717, 1.165) is 11.1 Å². The van der Waals surface area contributed by atoms with Gasteiger partial charge in [0.2, 0.25) is 11.7 Å². The molecule has 7 rings (SSSR count). The summed E-state index contributed by atoms with van der Waals surface area (Å²) in [5.41, 5.74) is 1.19. The lowest BCUT2D eigenvalue weighted by atomic mass is 9.62. The van der Waals surface area contributed by atoms with Gasteiger partial charge in [0.15, 0.2) is 11.5 Å². The van der Waals surface area contributed by atoms with Crippen molar-refractivity contribution in [2.75, 3.05) is 5.32 Å². The Labute approximate surface area is 217 Å². The van der Waals surface area contributed by atoms with Crippen LogP contribution >= 0.6 is 0 Å². The summed E-state index contributed by atoms with van der Waals surface area (Å²) in [5.74, 6) is -3.35. The van der Waals surface area contributed by atoms with Crippen molar-refractivity contribution in [2.45, 2.75) is 17.5 Å². The van der Waals surface area contributed by atoms with Gasteiger partial charge in [0.05, 0.1) is 23.8 Å². The van der Waals surface area contributed by atoms with Crippen molar-refractivity contribution < 1.29 is 23.2 Å². The number of furan rings is 1. The number of hydrogen-bond donors (Lipinski definition) is 1. The maximum atomic E-state index is 15.1. The van der Waals surface area contributed by atoms with Crippen molar-refractivity contribution in [3.05, 3.63) is 131 Å². The highest BCUT2D eigenvalue weighted by molar-refractivity contribution is 6.16. The Hall–Kier alpha value is -4.78. The van der Waals surface area contributed by atoms with Crippen molar-refractivity contribution >= 4 is 29.2 Å². The molecule has 1 saturated heterocycles. The van der Waals surface area contributed by atoms with Gasteiger partial charge >= 0.3 is 0 Å². The van der Waals surface area contributed by atoms with Crippen LogP contribution in [0, 0.1) is 11.7 Å². The summed E-state index contributed by atoms with van der Waals surface area (Å²) in [4.78, 5) is 44.6. The number of carbonyl (C=O) groups is 3. The summed E-state index contributed by atoms with van der Waals surface area (Å²) in [6, 6.07) is 21.8. The number of carbonyl (C=O) groups excluding carboxylic acids is 3. The van der Waals surface area contributed by atoms with Crippen molar-refractivity contribution in [1.29, 1.82) is 0 Å². The van der Waals surface area contributed by atoms with E-state index in [-0.39, 0.29) is 11.3 Å². The van der Waals surface area contributed by atoms with Gasteiger partial charge in [-0.2, -0.15) is 0 Å². The van der Waals surface area contributed by atoms with Gasteiger partial charge in [-0.25, -0.2) is 4.39 Å². The summed E-state index contributed by atoms with van der Waals surface area (Å²) in [5, 5.41) is 2.97. The molecule has 1 amide bonds. The van der Waals surface area contributed by atoms with Gasteiger partial charge in [-0.05, 0) is 53.1 Å². The van der Waals surface area contributed by atoms with Gasteiger partial charge in [-0.15, -0.1) is 0 Å². The standard InChI is InChI=1S/C31H21FN2O4/c32-22-12-5-3-10-20(22)27(35)25-26(28(36)24-14-7-17-38-24)34-16-15-18-8-1-2-9-19(18)29(34)31(25)21-11-4-6-13-23(21)33-30(31)37/h1-17,25-26,29H,(H,33,37)/t25-,26-,29+,31-/m0/s1. The van der Waals surface area contributed by atoms with Crippen molar-refractivity contribution in [3.63, 3.8) is 0 Å². The first-order chi connectivity index (χ1) is 18.5. The second-order valence-corrected chi connectivity index (χ2v) is 9.77. The SMILES string of the molecule is O=C(c1ccco1)[C@@H]1[C@@H](C(=O)c2ccccc2F)[C@]2(C(=O)Nc3ccccc32)[C@H]2c3ccccc3C=CN12. The lowest BCUT2D eigenvalue weighted by molar-refractivity contribution is -0.122. The van der Waals surface area contributed by atoms with Crippen LogP contribution in [0.1, 0.15) is 43.6 Å². The molecule has 0 aliphatic carbocycles. The molecule has 1 fully saturated rings. The number of nitrogens with one attached hydrogen (secondary N) is 1. The zero-order chi connectivity index (χ0) is 26.0. The number of halogens is 1. The zero-order valence-electron chi connectivity index (χ0n) is 20.0. The molecule has 1 aromatic heterocycles. The minimum Gasteiger partial charge on any atom is -0.461 e. The van der Waals surface area contributed by atoms with Crippen LogP contribution in [0.3, 0.4) is 0 Å². The first-order valence-electron chi connectivity index (χ1n) is 12.4. The minimum atomic E-state index is -1.51. The topological polar surface area (TPSA) is 79.6 Å². The first-order valence-corrected chi connectivity index (χ1v) is 12.4. The van der Waals surface area contributed by atoms with Gasteiger partial charge in [0.25, 0.3) is 0 Å². The molecule has 1 N–H and O–H groups in total. The van der Waals surface area contributed by atoms with Crippen molar-refractivity contribution in [1.82, 2.24) is 4.90 Å². The van der Waals surface area contributed by atoms with Crippen LogP contribution in [-0.4, -0.2) is 28.4 Å². The van der Waals surface area contributed by atoms with Crippen molar-refractivity contribution in [3.8, 4) is 0 Å². The lowest BCUT2D eigenvalue weighted by Crippen LogP contribution is -2.49. The van der Waals surface area contributed by atoms with Crippen LogP contribution in [0.25, 0.3) is 6.08 Å². The Kier molecular flexibility index (Phi) is 4.79. The molecule has 0 saturated carbocycles. The molecule has 4 atom stereocenters. The second kappa shape index (κ2) is 8.11. The number of hydrogen-bond acceptors (Lipinski definition) is 5. The van der Waals surface area contributed by atoms with Crippen LogP contribution < -0.4 is 5.32 Å². The van der Waals surface area contributed by atoms with E-state index < -0.39 is 46.7 Å². The van der Waals surface area contributed by atoms with E-state index in [1.54, 1.807) is 35.4 Å². The number of Topliss-reactive ketones (excluding diaryl/α,β-unsaturated/α-hetero) is 2. The molecular weight excluding hydrogens is 483 g/mol. The summed E-state index contributed by atoms with van der Waals surface area (Å²) in [6.45, 7) is 0. The molecule has 3 aromatic carbocycles. The largest absolute Gasteiger partial charge is 0.461 e. The van der Waals surface area contributed by atoms with E-state index in [1.165, 1.54) is 30.5 Å². The van der Waals surface area contributed by atoms with E-state index in [4.69, 9.17) is 4.42 Å². The number of rotatable bonds is 4. The Morgan fingerprint density at radius 2 is 1.66 bits per heavy atom. The summed E-state index contributed by atoms with van der Waals surface area (Å²) >= 11 is 0. The summed E-state index contributed by atoms with van der Waals surface area (Å²) < 4.78 is 20.6. The first kappa shape index (κ1) is 22.4. The van der Waals surface area contributed by atoms with Crippen LogP contribution in [-0.2, 0) is 10.2 Å². The van der Waals surface area contributed by atoms with Crippen molar-refractivity contribution in [2.24, 2.45) is 5.92 Å². The third-order valence-electron chi connectivity index (χ3n) is 8.02. The second-order valence-electron chi connectivity index (χ2n) is 9.77. The molecule has 0 unspecified atom stereocenters. The molecule has 3 aliphatic heterocycles. The Morgan fingerprint density at radius 1 is 0.895 bits per heavy atom. The van der Waals surface area contributed by atoms with Gasteiger partial charge in [-0.1, -0.05) is 54.6 Å². The van der Waals surface area contributed by atoms with E-state index in [0.29, 0.717) is 11.3 Å². The molecule has 4 aromatic rings. The van der Waals surface area contributed by atoms with E-state index in [2.05, 4.69) is 5.32 Å². The molecule has 0 radical (unpaired) electrons. The molecule has 3 aliphatic rings. The number of para-hydroxylation sites is 1. The summed E-state index contributed by atoms with van der Waals surface area (Å²) in [7, 11) is 0. The van der Waals surface area contributed by atoms with Crippen LogP contribution in [0.15, 0.2) is 102 Å². The highest BCUT2D eigenvalue weighted by atomic mass is 19.1. The Bertz CT molecular complexity index is 1660. The molecule has 0 bridgehead atoms. The highest BCUT2D eigenvalue weighted by Crippen LogP contribution is 2.62. The quantitative estimate of drug-likeness (QED) is 0.377. The number of fused-ring (bicyclic) bond motifs is 6. The third kappa shape index (κ3) is 2.84. The van der Waals surface area contributed by atoms with Gasteiger partial charge in [0.1, 0.15) is 17.3 Å². The normalized spacial score (nSPS) is 24.6. The predicted octanol–water partition coefficient (Wildman–Crippen LogP) is 5.40. The monoisotopic (exact) mass is 504 g/mol. The smallest absolute Gasteiger partial charge is 0.238 e. The predicted molar refractivity (Wildman–Crippen MR) is 138 cm³/mol. The highest BCUT2D eigenvalue weighted by Gasteiger charge is 2.71. The average molecular weight is 505 g/mol. The number of amides is 1. The Balaban J connectivity index is 1.56. The van der Waals surface area contributed by atoms with Gasteiger partial charge < -0.3 is 14.6 Å².